The number of hydrogen-bond donors (Lipinski definition) is 2. The van der Waals surface area contributed by atoms with Crippen molar-refractivity contribution in [3.63, 3.8) is 0 Å². The van der Waals surface area contributed by atoms with Gasteiger partial charge in [-0.3, -0.25) is 4.79 Å². The molecule has 0 saturated heterocycles. The van der Waals surface area contributed by atoms with Crippen LogP contribution in [0, 0.1) is 5.92 Å². The number of aliphatic hydroxyl groups is 1. The Morgan fingerprint density at radius 2 is 2.13 bits per heavy atom. The van der Waals surface area contributed by atoms with Gasteiger partial charge in [-0.05, 0) is 12.5 Å². The van der Waals surface area contributed by atoms with Crippen LogP contribution in [0.4, 0.5) is 0 Å². The van der Waals surface area contributed by atoms with Crippen molar-refractivity contribution in [3.8, 4) is 0 Å². The van der Waals surface area contributed by atoms with Crippen LogP contribution in [0.25, 0.3) is 0 Å². The molecular formula is C12H16O3. The van der Waals surface area contributed by atoms with Gasteiger partial charge in [0, 0.05) is 0 Å². The number of hydrogen-bond acceptors (Lipinski definition) is 2. The standard InChI is InChI=1S/C12H16O3/c1-3-5-6-8-10(7-4-2)11(9-13)12(14)15/h3-8,11,13H,2,9H2,1H3,(H,14,15)/b5-3-,8-6-,10-7+. The van der Waals surface area contributed by atoms with E-state index in [0.717, 1.165) is 0 Å². The van der Waals surface area contributed by atoms with E-state index >= 15 is 0 Å². The molecule has 0 rings (SSSR count). The number of aliphatic carboxylic acids is 1. The molecule has 0 aromatic rings. The van der Waals surface area contributed by atoms with Crippen LogP contribution >= 0.6 is 0 Å². The van der Waals surface area contributed by atoms with Gasteiger partial charge in [0.25, 0.3) is 0 Å². The fourth-order valence-electron chi connectivity index (χ4n) is 1.03. The Balaban J connectivity index is 4.86. The minimum Gasteiger partial charge on any atom is -0.481 e. The molecule has 3 heteroatoms. The molecular weight excluding hydrogens is 192 g/mol. The Hall–Kier alpha value is -1.61. The first kappa shape index (κ1) is 13.4. The lowest BCUT2D eigenvalue weighted by Crippen LogP contribution is -2.19. The molecule has 0 aromatic carbocycles. The third kappa shape index (κ3) is 4.98. The van der Waals surface area contributed by atoms with Crippen LogP contribution in [0.5, 0.6) is 0 Å². The average Bonchev–Trinajstić information content (AvgIpc) is 2.18. The molecule has 0 spiro atoms. The van der Waals surface area contributed by atoms with Crippen molar-refractivity contribution in [2.75, 3.05) is 6.61 Å². The van der Waals surface area contributed by atoms with Gasteiger partial charge in [-0.25, -0.2) is 0 Å². The molecule has 0 aliphatic rings. The average molecular weight is 208 g/mol. The van der Waals surface area contributed by atoms with Crippen molar-refractivity contribution in [1.29, 1.82) is 0 Å². The van der Waals surface area contributed by atoms with E-state index in [1.54, 1.807) is 24.3 Å². The molecule has 1 atom stereocenters. The second-order valence-corrected chi connectivity index (χ2v) is 2.86. The molecule has 0 fully saturated rings. The van der Waals surface area contributed by atoms with Crippen molar-refractivity contribution < 1.29 is 15.0 Å². The number of rotatable bonds is 6. The van der Waals surface area contributed by atoms with Crippen LogP contribution in [-0.2, 0) is 4.79 Å². The summed E-state index contributed by atoms with van der Waals surface area (Å²) < 4.78 is 0. The molecule has 82 valence electrons. The van der Waals surface area contributed by atoms with Gasteiger partial charge in [0.15, 0.2) is 0 Å². The smallest absolute Gasteiger partial charge is 0.313 e. The predicted molar refractivity (Wildman–Crippen MR) is 60.4 cm³/mol. The number of carboxylic acids is 1. The normalized spacial score (nSPS) is 14.7. The Bertz CT molecular complexity index is 298. The van der Waals surface area contributed by atoms with Gasteiger partial charge < -0.3 is 10.2 Å². The maximum absolute atomic E-state index is 10.8. The lowest BCUT2D eigenvalue weighted by Gasteiger charge is -2.09. The highest BCUT2D eigenvalue weighted by Crippen LogP contribution is 2.13. The van der Waals surface area contributed by atoms with Gasteiger partial charge in [0.2, 0.25) is 0 Å². The fourth-order valence-corrected chi connectivity index (χ4v) is 1.03. The van der Waals surface area contributed by atoms with E-state index in [9.17, 15) is 4.79 Å². The van der Waals surface area contributed by atoms with Crippen LogP contribution in [0.2, 0.25) is 0 Å². The van der Waals surface area contributed by atoms with Crippen LogP contribution in [-0.4, -0.2) is 22.8 Å². The van der Waals surface area contributed by atoms with Crippen LogP contribution in [0.15, 0.2) is 48.6 Å². The molecule has 2 N–H and O–H groups in total. The molecule has 0 radical (unpaired) electrons. The Morgan fingerprint density at radius 1 is 1.47 bits per heavy atom. The van der Waals surface area contributed by atoms with Crippen molar-refractivity contribution >= 4 is 5.97 Å². The zero-order valence-electron chi connectivity index (χ0n) is 8.76. The van der Waals surface area contributed by atoms with Gasteiger partial charge in [0.05, 0.1) is 6.61 Å². The minimum atomic E-state index is -1.05. The van der Waals surface area contributed by atoms with E-state index in [1.165, 1.54) is 6.08 Å². The van der Waals surface area contributed by atoms with Gasteiger partial charge >= 0.3 is 5.97 Å². The van der Waals surface area contributed by atoms with Crippen LogP contribution in [0.3, 0.4) is 0 Å². The molecule has 0 aliphatic heterocycles. The summed E-state index contributed by atoms with van der Waals surface area (Å²) >= 11 is 0. The Morgan fingerprint density at radius 3 is 2.53 bits per heavy atom. The zero-order valence-corrected chi connectivity index (χ0v) is 8.76. The molecule has 0 aromatic heterocycles. The van der Waals surface area contributed by atoms with Crippen LogP contribution < -0.4 is 0 Å². The Labute approximate surface area is 89.7 Å². The molecule has 1 unspecified atom stereocenters. The molecule has 0 aliphatic carbocycles. The van der Waals surface area contributed by atoms with E-state index < -0.39 is 18.5 Å². The molecule has 0 amide bonds. The third-order valence-corrected chi connectivity index (χ3v) is 1.79. The summed E-state index contributed by atoms with van der Waals surface area (Å²) in [7, 11) is 0. The second-order valence-electron chi connectivity index (χ2n) is 2.86. The fraction of sp³-hybridized carbons (Fsp3) is 0.250. The first-order valence-corrected chi connectivity index (χ1v) is 4.63. The summed E-state index contributed by atoms with van der Waals surface area (Å²) in [5, 5.41) is 17.8. The highest BCUT2D eigenvalue weighted by Gasteiger charge is 2.18. The summed E-state index contributed by atoms with van der Waals surface area (Å²) in [6.45, 7) is 4.94. The van der Waals surface area contributed by atoms with E-state index in [1.807, 2.05) is 13.0 Å². The first-order valence-electron chi connectivity index (χ1n) is 4.63. The topological polar surface area (TPSA) is 57.5 Å². The van der Waals surface area contributed by atoms with Gasteiger partial charge in [-0.1, -0.05) is 43.0 Å². The van der Waals surface area contributed by atoms with Crippen LogP contribution in [0.1, 0.15) is 6.92 Å². The zero-order chi connectivity index (χ0) is 11.7. The van der Waals surface area contributed by atoms with Gasteiger partial charge in [-0.15, -0.1) is 0 Å². The lowest BCUT2D eigenvalue weighted by atomic mass is 9.99. The predicted octanol–water partition coefficient (Wildman–Crippen LogP) is 1.92. The number of aliphatic hydroxyl groups excluding tert-OH is 1. The second kappa shape index (κ2) is 7.76. The molecule has 15 heavy (non-hydrogen) atoms. The maximum Gasteiger partial charge on any atom is 0.313 e. The van der Waals surface area contributed by atoms with E-state index in [4.69, 9.17) is 10.2 Å². The third-order valence-electron chi connectivity index (χ3n) is 1.79. The van der Waals surface area contributed by atoms with Crippen molar-refractivity contribution in [1.82, 2.24) is 0 Å². The van der Waals surface area contributed by atoms with Gasteiger partial charge in [0.1, 0.15) is 5.92 Å². The summed E-state index contributed by atoms with van der Waals surface area (Å²) in [5.74, 6) is -1.94. The number of carboxylic acid groups (broad SMARTS) is 1. The number of carbonyl (C=O) groups is 1. The SMILES string of the molecule is C=C\C=C(/C=C\C=C/C)C(CO)C(=O)O. The molecule has 0 saturated carbocycles. The first-order chi connectivity index (χ1) is 7.17. The summed E-state index contributed by atoms with van der Waals surface area (Å²) in [5.41, 5.74) is 0.526. The van der Waals surface area contributed by atoms with Crippen molar-refractivity contribution in [3.05, 3.63) is 48.6 Å². The van der Waals surface area contributed by atoms with Crippen molar-refractivity contribution in [2.24, 2.45) is 5.92 Å². The lowest BCUT2D eigenvalue weighted by molar-refractivity contribution is -0.141. The number of allylic oxidation sites excluding steroid dienone is 6. The highest BCUT2D eigenvalue weighted by molar-refractivity contribution is 5.75. The molecule has 0 heterocycles. The maximum atomic E-state index is 10.8. The van der Waals surface area contributed by atoms with E-state index in [2.05, 4.69) is 6.58 Å². The summed E-state index contributed by atoms with van der Waals surface area (Å²) in [6.07, 6.45) is 10.1. The quantitative estimate of drug-likeness (QED) is 0.656. The molecule has 3 nitrogen and oxygen atoms in total. The highest BCUT2D eigenvalue weighted by atomic mass is 16.4. The summed E-state index contributed by atoms with van der Waals surface area (Å²) in [4.78, 5) is 10.8. The Kier molecular flexibility index (Phi) is 6.93. The minimum absolute atomic E-state index is 0.421. The van der Waals surface area contributed by atoms with Gasteiger partial charge in [-0.2, -0.15) is 0 Å². The largest absolute Gasteiger partial charge is 0.481 e. The molecule has 0 bridgehead atoms. The monoisotopic (exact) mass is 208 g/mol. The van der Waals surface area contributed by atoms with Crippen molar-refractivity contribution in [2.45, 2.75) is 6.92 Å². The summed E-state index contributed by atoms with van der Waals surface area (Å²) in [6, 6.07) is 0. The van der Waals surface area contributed by atoms with E-state index in [0.29, 0.717) is 5.57 Å². The van der Waals surface area contributed by atoms with E-state index in [-0.39, 0.29) is 0 Å².